The predicted molar refractivity (Wildman–Crippen MR) is 99.9 cm³/mol. The Bertz CT molecular complexity index is 1030. The van der Waals surface area contributed by atoms with E-state index in [1.165, 1.54) is 12.1 Å². The molecule has 7 heteroatoms. The Kier molecular flexibility index (Phi) is 4.58. The lowest BCUT2D eigenvalue weighted by molar-refractivity contribution is -0.131. The number of hydrogen-bond acceptors (Lipinski definition) is 4. The van der Waals surface area contributed by atoms with E-state index in [9.17, 15) is 9.18 Å². The van der Waals surface area contributed by atoms with Crippen LogP contribution < -0.4 is 5.32 Å². The van der Waals surface area contributed by atoms with E-state index in [1.54, 1.807) is 12.1 Å². The Hall–Kier alpha value is -3.22. The fourth-order valence-corrected chi connectivity index (χ4v) is 3.24. The van der Waals surface area contributed by atoms with Crippen molar-refractivity contribution in [2.24, 2.45) is 5.16 Å². The molecule has 1 aromatic heterocycles. The van der Waals surface area contributed by atoms with Crippen molar-refractivity contribution in [3.8, 4) is 0 Å². The third-order valence-corrected chi connectivity index (χ3v) is 4.60. The first-order valence-electron chi connectivity index (χ1n) is 8.80. The van der Waals surface area contributed by atoms with Crippen LogP contribution in [-0.2, 0) is 16.2 Å². The second-order valence-corrected chi connectivity index (χ2v) is 6.44. The van der Waals surface area contributed by atoms with Gasteiger partial charge in [-0.2, -0.15) is 0 Å². The van der Waals surface area contributed by atoms with Crippen LogP contribution in [0.25, 0.3) is 11.0 Å². The molecule has 3 aromatic rings. The second kappa shape index (κ2) is 7.19. The van der Waals surface area contributed by atoms with E-state index in [0.717, 1.165) is 16.9 Å². The van der Waals surface area contributed by atoms with Crippen LogP contribution in [-0.4, -0.2) is 33.8 Å². The van der Waals surface area contributed by atoms with E-state index in [1.807, 2.05) is 31.2 Å². The number of carbonyl (C=O) groups excluding carboxylic acids is 1. The van der Waals surface area contributed by atoms with Crippen LogP contribution in [0.4, 0.5) is 4.39 Å². The quantitative estimate of drug-likeness (QED) is 0.755. The molecule has 1 aliphatic heterocycles. The highest BCUT2D eigenvalue weighted by Crippen LogP contribution is 2.18. The lowest BCUT2D eigenvalue weighted by atomic mass is 10.0. The number of para-hydroxylation sites is 2. The van der Waals surface area contributed by atoms with Crippen LogP contribution in [0.2, 0.25) is 0 Å². The summed E-state index contributed by atoms with van der Waals surface area (Å²) < 4.78 is 15.4. The number of nitrogens with zero attached hydrogens (tertiary/aromatic N) is 3. The first kappa shape index (κ1) is 17.2. The molecular weight excluding hydrogens is 347 g/mol. The van der Waals surface area contributed by atoms with Gasteiger partial charge in [0, 0.05) is 25.1 Å². The minimum Gasteiger partial charge on any atom is -0.382 e. The molecule has 0 bridgehead atoms. The van der Waals surface area contributed by atoms with Gasteiger partial charge in [-0.15, -0.1) is 0 Å². The Morgan fingerprint density at radius 2 is 2.15 bits per heavy atom. The van der Waals surface area contributed by atoms with Gasteiger partial charge >= 0.3 is 0 Å². The van der Waals surface area contributed by atoms with E-state index in [4.69, 9.17) is 4.84 Å². The van der Waals surface area contributed by atoms with E-state index in [0.29, 0.717) is 30.8 Å². The van der Waals surface area contributed by atoms with E-state index in [2.05, 4.69) is 20.0 Å². The minimum atomic E-state index is -0.691. The summed E-state index contributed by atoms with van der Waals surface area (Å²) >= 11 is 0. The fraction of sp³-hybridized carbons (Fsp3) is 0.250. The van der Waals surface area contributed by atoms with Crippen molar-refractivity contribution in [3.05, 3.63) is 65.7 Å². The zero-order chi connectivity index (χ0) is 18.8. The SMILES string of the molecule is Cc1nc2ccccc2n1CCNC(=O)[C@H]1CC(c2cccc(F)c2)=NO1. The highest BCUT2D eigenvalue weighted by Gasteiger charge is 2.28. The summed E-state index contributed by atoms with van der Waals surface area (Å²) in [6.45, 7) is 3.01. The Morgan fingerprint density at radius 3 is 3.00 bits per heavy atom. The molecule has 0 spiro atoms. The van der Waals surface area contributed by atoms with Gasteiger partial charge in [0.05, 0.1) is 16.7 Å². The number of nitrogens with one attached hydrogen (secondary N) is 1. The van der Waals surface area contributed by atoms with Crippen LogP contribution in [0.15, 0.2) is 53.7 Å². The maximum atomic E-state index is 13.3. The van der Waals surface area contributed by atoms with Crippen LogP contribution >= 0.6 is 0 Å². The number of fused-ring (bicyclic) bond motifs is 1. The topological polar surface area (TPSA) is 68.5 Å². The van der Waals surface area contributed by atoms with Crippen molar-refractivity contribution < 1.29 is 14.0 Å². The molecule has 0 unspecified atom stereocenters. The van der Waals surface area contributed by atoms with E-state index >= 15 is 0 Å². The number of aromatic nitrogens is 2. The van der Waals surface area contributed by atoms with Gasteiger partial charge in [0.2, 0.25) is 6.10 Å². The molecule has 1 amide bonds. The third kappa shape index (κ3) is 3.53. The largest absolute Gasteiger partial charge is 0.382 e. The first-order chi connectivity index (χ1) is 13.1. The van der Waals surface area contributed by atoms with Crippen molar-refractivity contribution in [3.63, 3.8) is 0 Å². The molecule has 2 aromatic carbocycles. The molecule has 0 aliphatic carbocycles. The summed E-state index contributed by atoms with van der Waals surface area (Å²) in [7, 11) is 0. The Balaban J connectivity index is 1.33. The van der Waals surface area contributed by atoms with Crippen molar-refractivity contribution in [2.75, 3.05) is 6.54 Å². The highest BCUT2D eigenvalue weighted by molar-refractivity contribution is 6.04. The molecular formula is C20H19FN4O2. The number of aryl methyl sites for hydroxylation is 1. The summed E-state index contributed by atoms with van der Waals surface area (Å²) in [5.74, 6) is 0.331. The van der Waals surface area contributed by atoms with Crippen LogP contribution in [0, 0.1) is 12.7 Å². The summed E-state index contributed by atoms with van der Waals surface area (Å²) in [4.78, 5) is 22.1. The highest BCUT2D eigenvalue weighted by atomic mass is 19.1. The number of amides is 1. The van der Waals surface area contributed by atoms with Gasteiger partial charge in [0.25, 0.3) is 5.91 Å². The van der Waals surface area contributed by atoms with Gasteiger partial charge in [-0.25, -0.2) is 9.37 Å². The summed E-state index contributed by atoms with van der Waals surface area (Å²) in [5, 5.41) is 6.81. The molecule has 0 saturated carbocycles. The number of hydrogen-bond donors (Lipinski definition) is 1. The number of rotatable bonds is 5. The van der Waals surface area contributed by atoms with Gasteiger partial charge in [-0.05, 0) is 31.2 Å². The molecule has 1 atom stereocenters. The normalized spacial score (nSPS) is 16.2. The molecule has 0 fully saturated rings. The van der Waals surface area contributed by atoms with Crippen LogP contribution in [0.3, 0.4) is 0 Å². The van der Waals surface area contributed by atoms with Crippen molar-refractivity contribution in [1.29, 1.82) is 0 Å². The average molecular weight is 366 g/mol. The average Bonchev–Trinajstić information content (AvgIpc) is 3.27. The number of oxime groups is 1. The van der Waals surface area contributed by atoms with Gasteiger partial charge in [0.15, 0.2) is 0 Å². The first-order valence-corrected chi connectivity index (χ1v) is 8.80. The van der Waals surface area contributed by atoms with Gasteiger partial charge in [-0.1, -0.05) is 29.4 Å². The predicted octanol–water partition coefficient (Wildman–Crippen LogP) is 2.79. The van der Waals surface area contributed by atoms with Crippen molar-refractivity contribution >= 4 is 22.7 Å². The lowest BCUT2D eigenvalue weighted by Crippen LogP contribution is -2.36. The van der Waals surface area contributed by atoms with Gasteiger partial charge in [0.1, 0.15) is 11.6 Å². The molecule has 4 rings (SSSR count). The zero-order valence-corrected chi connectivity index (χ0v) is 14.9. The fourth-order valence-electron chi connectivity index (χ4n) is 3.24. The molecule has 6 nitrogen and oxygen atoms in total. The monoisotopic (exact) mass is 366 g/mol. The summed E-state index contributed by atoms with van der Waals surface area (Å²) in [6, 6.07) is 14.0. The standard InChI is InChI=1S/C20H19FN4O2/c1-13-23-16-7-2-3-8-18(16)25(13)10-9-22-20(26)19-12-17(24-27-19)14-5-4-6-15(21)11-14/h2-8,11,19H,9-10,12H2,1H3,(H,22,26)/t19-/m1/s1. The summed E-state index contributed by atoms with van der Waals surface area (Å²) in [6.07, 6.45) is -0.369. The minimum absolute atomic E-state index is 0.229. The third-order valence-electron chi connectivity index (χ3n) is 4.60. The number of benzene rings is 2. The van der Waals surface area contributed by atoms with Crippen LogP contribution in [0.1, 0.15) is 17.8 Å². The van der Waals surface area contributed by atoms with Gasteiger partial charge < -0.3 is 14.7 Å². The maximum absolute atomic E-state index is 13.3. The lowest BCUT2D eigenvalue weighted by Gasteiger charge is -2.11. The zero-order valence-electron chi connectivity index (χ0n) is 14.9. The molecule has 27 heavy (non-hydrogen) atoms. The molecule has 2 heterocycles. The molecule has 0 saturated heterocycles. The van der Waals surface area contributed by atoms with Crippen molar-refractivity contribution in [2.45, 2.75) is 26.0 Å². The summed E-state index contributed by atoms with van der Waals surface area (Å²) in [5.41, 5.74) is 3.18. The molecule has 1 aliphatic rings. The van der Waals surface area contributed by atoms with Crippen molar-refractivity contribution in [1.82, 2.24) is 14.9 Å². The number of carbonyl (C=O) groups is 1. The Labute approximate surface area is 155 Å². The second-order valence-electron chi connectivity index (χ2n) is 6.44. The maximum Gasteiger partial charge on any atom is 0.264 e. The smallest absolute Gasteiger partial charge is 0.264 e. The number of imidazole rings is 1. The number of halogens is 1. The molecule has 1 N–H and O–H groups in total. The molecule has 138 valence electrons. The van der Waals surface area contributed by atoms with Crippen LogP contribution in [0.5, 0.6) is 0 Å². The van der Waals surface area contributed by atoms with E-state index in [-0.39, 0.29) is 11.7 Å². The van der Waals surface area contributed by atoms with Gasteiger partial charge in [-0.3, -0.25) is 4.79 Å². The molecule has 0 radical (unpaired) electrons. The van der Waals surface area contributed by atoms with E-state index < -0.39 is 6.10 Å². The Morgan fingerprint density at radius 1 is 1.30 bits per heavy atom.